The van der Waals surface area contributed by atoms with E-state index in [9.17, 15) is 4.79 Å². The molecule has 3 N–H and O–H groups in total. The number of hydrogen-bond acceptors (Lipinski definition) is 3. The van der Waals surface area contributed by atoms with Crippen LogP contribution in [0.15, 0.2) is 77.9 Å². The van der Waals surface area contributed by atoms with Gasteiger partial charge in [-0.15, -0.1) is 0 Å². The molecule has 1 amide bonds. The molecular weight excluding hydrogens is 424 g/mol. The van der Waals surface area contributed by atoms with Crippen LogP contribution in [0, 0.1) is 13.8 Å². The number of para-hydroxylation sites is 1. The fraction of sp³-hybridized carbons (Fsp3) is 0.214. The summed E-state index contributed by atoms with van der Waals surface area (Å²) in [5.41, 5.74) is 6.00. The van der Waals surface area contributed by atoms with E-state index >= 15 is 0 Å². The zero-order valence-electron chi connectivity index (χ0n) is 19.8. The lowest BCUT2D eigenvalue weighted by atomic mass is 10.1. The first-order chi connectivity index (χ1) is 16.5. The van der Waals surface area contributed by atoms with Gasteiger partial charge in [0.05, 0.1) is 6.61 Å². The van der Waals surface area contributed by atoms with Crippen LogP contribution in [-0.4, -0.2) is 30.0 Å². The van der Waals surface area contributed by atoms with Crippen molar-refractivity contribution in [1.82, 2.24) is 10.3 Å². The molecule has 1 aromatic heterocycles. The molecule has 3 aromatic carbocycles. The minimum Gasteiger partial charge on any atom is -0.494 e. The van der Waals surface area contributed by atoms with Gasteiger partial charge in [0, 0.05) is 34.9 Å². The Kier molecular flexibility index (Phi) is 7.28. The van der Waals surface area contributed by atoms with Crippen molar-refractivity contribution < 1.29 is 9.53 Å². The minimum absolute atomic E-state index is 0.231. The number of nitrogens with zero attached hydrogens (tertiary/aromatic N) is 1. The van der Waals surface area contributed by atoms with Crippen LogP contribution in [0.3, 0.4) is 0 Å². The van der Waals surface area contributed by atoms with Crippen molar-refractivity contribution in [3.8, 4) is 5.75 Å². The highest BCUT2D eigenvalue weighted by atomic mass is 16.5. The Morgan fingerprint density at radius 1 is 1.00 bits per heavy atom. The quantitative estimate of drug-likeness (QED) is 0.250. The highest BCUT2D eigenvalue weighted by molar-refractivity contribution is 6.10. The number of carbonyl (C=O) groups is 1. The number of guanidine groups is 1. The van der Waals surface area contributed by atoms with Crippen molar-refractivity contribution >= 4 is 28.5 Å². The molecule has 34 heavy (non-hydrogen) atoms. The summed E-state index contributed by atoms with van der Waals surface area (Å²) in [6, 6.07) is 21.5. The van der Waals surface area contributed by atoms with Crippen molar-refractivity contribution in [3.63, 3.8) is 0 Å². The Labute approximate surface area is 200 Å². The predicted octanol–water partition coefficient (Wildman–Crippen LogP) is 5.62. The number of rotatable bonds is 7. The average Bonchev–Trinajstić information content (AvgIpc) is 3.22. The Morgan fingerprint density at radius 3 is 2.47 bits per heavy atom. The van der Waals surface area contributed by atoms with Gasteiger partial charge >= 0.3 is 0 Å². The van der Waals surface area contributed by atoms with E-state index in [1.807, 2.05) is 51.2 Å². The predicted molar refractivity (Wildman–Crippen MR) is 139 cm³/mol. The van der Waals surface area contributed by atoms with Crippen molar-refractivity contribution in [2.45, 2.75) is 27.2 Å². The molecule has 0 saturated carbocycles. The van der Waals surface area contributed by atoms with E-state index in [0.717, 1.165) is 34.5 Å². The first kappa shape index (κ1) is 23.1. The molecule has 4 rings (SSSR count). The van der Waals surface area contributed by atoms with Gasteiger partial charge in [0.2, 0.25) is 5.96 Å². The van der Waals surface area contributed by atoms with Gasteiger partial charge in [0.1, 0.15) is 5.75 Å². The fourth-order valence-electron chi connectivity index (χ4n) is 3.97. The molecule has 6 nitrogen and oxygen atoms in total. The molecule has 0 atom stereocenters. The van der Waals surface area contributed by atoms with E-state index < -0.39 is 0 Å². The summed E-state index contributed by atoms with van der Waals surface area (Å²) >= 11 is 0. The van der Waals surface area contributed by atoms with Crippen LogP contribution in [0.4, 0.5) is 5.69 Å². The van der Waals surface area contributed by atoms with Crippen molar-refractivity contribution in [2.75, 3.05) is 18.5 Å². The summed E-state index contributed by atoms with van der Waals surface area (Å²) in [5, 5.41) is 7.43. The summed E-state index contributed by atoms with van der Waals surface area (Å²) < 4.78 is 5.47. The lowest BCUT2D eigenvalue weighted by molar-refractivity contribution is 0.0977. The molecular formula is C28H30N4O2. The molecule has 1 heterocycles. The topological polar surface area (TPSA) is 78.5 Å². The first-order valence-corrected chi connectivity index (χ1v) is 11.5. The number of benzene rings is 3. The number of hydrogen-bond donors (Lipinski definition) is 3. The fourth-order valence-corrected chi connectivity index (χ4v) is 3.97. The highest BCUT2D eigenvalue weighted by Crippen LogP contribution is 2.18. The molecule has 6 heteroatoms. The van der Waals surface area contributed by atoms with Crippen LogP contribution in [0.1, 0.15) is 34.0 Å². The van der Waals surface area contributed by atoms with Crippen LogP contribution >= 0.6 is 0 Å². The second kappa shape index (κ2) is 10.7. The number of carbonyl (C=O) groups excluding carboxylic acids is 1. The third-order valence-electron chi connectivity index (χ3n) is 5.47. The van der Waals surface area contributed by atoms with Crippen LogP contribution in [-0.2, 0) is 6.42 Å². The number of aryl methyl sites for hydroxylation is 2. The van der Waals surface area contributed by atoms with Gasteiger partial charge in [-0.3, -0.25) is 15.1 Å². The number of aliphatic imine (C=N–C) groups is 1. The van der Waals surface area contributed by atoms with E-state index in [2.05, 4.69) is 33.8 Å². The molecule has 0 unspecified atom stereocenters. The zero-order chi connectivity index (χ0) is 23.9. The third-order valence-corrected chi connectivity index (χ3v) is 5.47. The van der Waals surface area contributed by atoms with E-state index in [4.69, 9.17) is 9.73 Å². The van der Waals surface area contributed by atoms with E-state index in [1.54, 1.807) is 24.3 Å². The maximum atomic E-state index is 12.9. The highest BCUT2D eigenvalue weighted by Gasteiger charge is 2.11. The summed E-state index contributed by atoms with van der Waals surface area (Å²) in [5.74, 6) is 0.925. The van der Waals surface area contributed by atoms with Gasteiger partial charge in [-0.1, -0.05) is 24.3 Å². The lowest BCUT2D eigenvalue weighted by Gasteiger charge is -2.13. The number of aromatic amines is 1. The van der Waals surface area contributed by atoms with Gasteiger partial charge in [0.25, 0.3) is 5.91 Å². The minimum atomic E-state index is -0.231. The SMILES string of the molecule is CCOc1ccc(C(=O)NC(=NCCc2c[nH]c3ccccc23)Nc2cc(C)cc(C)c2)cc1. The van der Waals surface area contributed by atoms with Crippen LogP contribution < -0.4 is 15.4 Å². The number of nitrogens with one attached hydrogen (secondary N) is 3. The van der Waals surface area contributed by atoms with Gasteiger partial charge in [-0.2, -0.15) is 0 Å². The standard InChI is InChI=1S/C28H30N4O2/c1-4-34-24-11-9-21(10-12-24)27(33)32-28(31-23-16-19(2)15-20(3)17-23)29-14-13-22-18-30-26-8-6-5-7-25(22)26/h5-12,15-18,30H,4,13-14H2,1-3H3,(H2,29,31,32,33). The van der Waals surface area contributed by atoms with Gasteiger partial charge in [-0.25, -0.2) is 0 Å². The molecule has 0 fully saturated rings. The molecule has 0 aliphatic heterocycles. The molecule has 0 radical (unpaired) electrons. The van der Waals surface area contributed by atoms with E-state index in [1.165, 1.54) is 10.9 Å². The second-order valence-electron chi connectivity index (χ2n) is 8.25. The Morgan fingerprint density at radius 2 is 1.74 bits per heavy atom. The largest absolute Gasteiger partial charge is 0.494 e. The molecule has 0 spiro atoms. The average molecular weight is 455 g/mol. The second-order valence-corrected chi connectivity index (χ2v) is 8.25. The lowest BCUT2D eigenvalue weighted by Crippen LogP contribution is -2.36. The number of aromatic nitrogens is 1. The van der Waals surface area contributed by atoms with Crippen LogP contribution in [0.2, 0.25) is 0 Å². The summed E-state index contributed by atoms with van der Waals surface area (Å²) in [4.78, 5) is 20.9. The molecule has 0 aliphatic carbocycles. The molecule has 4 aromatic rings. The maximum Gasteiger partial charge on any atom is 0.257 e. The van der Waals surface area contributed by atoms with Crippen LogP contribution in [0.25, 0.3) is 10.9 Å². The maximum absolute atomic E-state index is 12.9. The first-order valence-electron chi connectivity index (χ1n) is 11.5. The van der Waals surface area contributed by atoms with Crippen molar-refractivity contribution in [1.29, 1.82) is 0 Å². The molecule has 174 valence electrons. The summed E-state index contributed by atoms with van der Waals surface area (Å²) in [7, 11) is 0. The number of amides is 1. The van der Waals surface area contributed by atoms with Crippen molar-refractivity contribution in [3.05, 3.63) is 95.2 Å². The third kappa shape index (κ3) is 5.84. The Balaban J connectivity index is 1.52. The number of ether oxygens (including phenoxy) is 1. The number of fused-ring (bicyclic) bond motifs is 1. The number of H-pyrrole nitrogens is 1. The van der Waals surface area contributed by atoms with E-state index in [-0.39, 0.29) is 5.91 Å². The summed E-state index contributed by atoms with van der Waals surface area (Å²) in [6.07, 6.45) is 2.77. The van der Waals surface area contributed by atoms with Gasteiger partial charge in [0.15, 0.2) is 0 Å². The zero-order valence-corrected chi connectivity index (χ0v) is 19.8. The molecule has 0 saturated heterocycles. The van der Waals surface area contributed by atoms with Crippen LogP contribution in [0.5, 0.6) is 5.75 Å². The van der Waals surface area contributed by atoms with Gasteiger partial charge in [-0.05, 0) is 86.3 Å². The Hall–Kier alpha value is -4.06. The molecule has 0 bridgehead atoms. The normalized spacial score (nSPS) is 11.4. The van der Waals surface area contributed by atoms with Gasteiger partial charge < -0.3 is 15.0 Å². The molecule has 0 aliphatic rings. The number of anilines is 1. The van der Waals surface area contributed by atoms with E-state index in [0.29, 0.717) is 24.7 Å². The Bertz CT molecular complexity index is 1290. The summed E-state index contributed by atoms with van der Waals surface area (Å²) in [6.45, 7) is 7.13. The monoisotopic (exact) mass is 454 g/mol. The smallest absolute Gasteiger partial charge is 0.257 e. The van der Waals surface area contributed by atoms with Crippen molar-refractivity contribution in [2.24, 2.45) is 4.99 Å².